The third-order valence-corrected chi connectivity index (χ3v) is 8.49. The molecular weight excluding hydrogens is 562 g/mol. The van der Waals surface area contributed by atoms with E-state index in [4.69, 9.17) is 11.5 Å². The summed E-state index contributed by atoms with van der Waals surface area (Å²) in [7, 11) is 0. The molecule has 16 heteroatoms. The lowest BCUT2D eigenvalue weighted by Gasteiger charge is -2.49. The first-order chi connectivity index (χ1) is 19.1. The topological polar surface area (TPSA) is 230 Å². The van der Waals surface area contributed by atoms with Gasteiger partial charge in [-0.1, -0.05) is 17.3 Å². The number of nitrogen functional groups attached to an aromatic ring is 1. The van der Waals surface area contributed by atoms with Gasteiger partial charge in [-0.3, -0.25) is 24.1 Å². The molecule has 0 saturated carbocycles. The van der Waals surface area contributed by atoms with E-state index in [2.05, 4.69) is 20.8 Å². The standard InChI is InChI=1S/C24H21N7O7S2/c25-18(32)10-3-1-9(2-4-10)14(11-5-6-27-19(11)33)12-7-39-22-16(21(35)31(22)17(12)23(36)37)29-20(34)15(30-38)13-8-40-24(26)28-13/h1-4,8,16,22,38H,5-7H2,(H2,25,32)(H2,26,28)(H,27,33)(H,29,34)(H,36,37)/t16-,22-/m1/s1. The van der Waals surface area contributed by atoms with Crippen LogP contribution in [0.25, 0.3) is 5.57 Å². The zero-order valence-electron chi connectivity index (χ0n) is 20.4. The number of aromatic nitrogens is 1. The van der Waals surface area contributed by atoms with E-state index in [1.165, 1.54) is 29.3 Å². The number of nitrogens with one attached hydrogen (secondary N) is 2. The normalized spacial score (nSPS) is 21.9. The molecule has 8 N–H and O–H groups in total. The van der Waals surface area contributed by atoms with Crippen molar-refractivity contribution in [2.75, 3.05) is 18.0 Å². The molecule has 2 fully saturated rings. The zero-order chi connectivity index (χ0) is 28.7. The second-order valence-corrected chi connectivity index (χ2v) is 10.8. The number of hydrogen-bond donors (Lipinski definition) is 6. The number of nitrogens with two attached hydrogens (primary N) is 2. The maximum absolute atomic E-state index is 13.2. The molecular formula is C24H21N7O7S2. The molecule has 3 aliphatic rings. The van der Waals surface area contributed by atoms with Gasteiger partial charge in [0.25, 0.3) is 11.8 Å². The molecule has 206 valence electrons. The Morgan fingerprint density at radius 1 is 1.18 bits per heavy atom. The number of fused-ring (bicyclic) bond motifs is 1. The monoisotopic (exact) mass is 583 g/mol. The van der Waals surface area contributed by atoms with Crippen molar-refractivity contribution in [3.8, 4) is 0 Å². The molecule has 5 rings (SSSR count). The molecule has 2 aromatic rings. The molecule has 40 heavy (non-hydrogen) atoms. The lowest BCUT2D eigenvalue weighted by atomic mass is 9.89. The van der Waals surface area contributed by atoms with Crippen molar-refractivity contribution in [3.05, 3.63) is 63.3 Å². The summed E-state index contributed by atoms with van der Waals surface area (Å²) in [6, 6.07) is 4.98. The number of oxime groups is 1. The largest absolute Gasteiger partial charge is 0.477 e. The Balaban J connectivity index is 1.50. The number of anilines is 1. The number of carboxylic acids is 1. The second-order valence-electron chi connectivity index (χ2n) is 8.81. The first-order valence-corrected chi connectivity index (χ1v) is 13.6. The highest BCUT2D eigenvalue weighted by molar-refractivity contribution is 8.00. The molecule has 0 aliphatic carbocycles. The minimum atomic E-state index is -1.39. The molecule has 2 atom stereocenters. The van der Waals surface area contributed by atoms with Crippen LogP contribution in [-0.4, -0.2) is 79.2 Å². The Kier molecular flexibility index (Phi) is 7.03. The highest BCUT2D eigenvalue weighted by Gasteiger charge is 2.55. The van der Waals surface area contributed by atoms with Gasteiger partial charge in [-0.2, -0.15) is 0 Å². The predicted octanol–water partition coefficient (Wildman–Crippen LogP) is -0.285. The number of thiazole rings is 1. The van der Waals surface area contributed by atoms with Crippen LogP contribution >= 0.6 is 23.1 Å². The summed E-state index contributed by atoms with van der Waals surface area (Å²) in [6.45, 7) is 0.360. The number of aliphatic carboxylic acids is 1. The molecule has 14 nitrogen and oxygen atoms in total. The van der Waals surface area contributed by atoms with Gasteiger partial charge in [-0.05, 0) is 29.7 Å². The smallest absolute Gasteiger partial charge is 0.352 e. The Morgan fingerprint density at radius 3 is 2.42 bits per heavy atom. The Labute approximate surface area is 233 Å². The number of carbonyl (C=O) groups is 5. The summed E-state index contributed by atoms with van der Waals surface area (Å²) in [4.78, 5) is 67.8. The van der Waals surface area contributed by atoms with Crippen molar-refractivity contribution in [2.45, 2.75) is 17.8 Å². The van der Waals surface area contributed by atoms with Crippen molar-refractivity contribution >= 4 is 69.1 Å². The van der Waals surface area contributed by atoms with E-state index >= 15 is 0 Å². The van der Waals surface area contributed by atoms with Crippen molar-refractivity contribution in [3.63, 3.8) is 0 Å². The molecule has 0 unspecified atom stereocenters. The summed E-state index contributed by atoms with van der Waals surface area (Å²) in [5.74, 6) is -3.89. The van der Waals surface area contributed by atoms with Gasteiger partial charge in [0.05, 0.1) is 0 Å². The number of primary amides is 1. The first-order valence-electron chi connectivity index (χ1n) is 11.7. The summed E-state index contributed by atoms with van der Waals surface area (Å²) in [6.07, 6.45) is 0.327. The van der Waals surface area contributed by atoms with Gasteiger partial charge in [0, 0.05) is 34.4 Å². The fourth-order valence-corrected chi connectivity index (χ4v) is 6.62. The summed E-state index contributed by atoms with van der Waals surface area (Å²) in [5, 5.41) is 28.5. The van der Waals surface area contributed by atoms with Crippen molar-refractivity contribution < 1.29 is 34.3 Å². The lowest BCUT2D eigenvalue weighted by Crippen LogP contribution is -2.71. The van der Waals surface area contributed by atoms with E-state index in [9.17, 15) is 34.3 Å². The van der Waals surface area contributed by atoms with Crippen LogP contribution in [0.2, 0.25) is 0 Å². The molecule has 4 heterocycles. The van der Waals surface area contributed by atoms with Gasteiger partial charge in [-0.25, -0.2) is 9.78 Å². The molecule has 0 bridgehead atoms. The van der Waals surface area contributed by atoms with Crippen molar-refractivity contribution in [1.29, 1.82) is 0 Å². The van der Waals surface area contributed by atoms with Gasteiger partial charge in [0.2, 0.25) is 11.8 Å². The molecule has 4 amide bonds. The number of allylic oxidation sites excluding steroid dienone is 1. The fourth-order valence-electron chi connectivity index (χ4n) is 4.72. The summed E-state index contributed by atoms with van der Waals surface area (Å²) < 4.78 is 0. The number of hydrogen-bond acceptors (Lipinski definition) is 11. The number of nitrogens with zero attached hydrogens (tertiary/aromatic N) is 3. The van der Waals surface area contributed by atoms with Crippen LogP contribution in [0, 0.1) is 0 Å². The minimum absolute atomic E-state index is 0.0179. The average Bonchev–Trinajstić information content (AvgIpc) is 3.55. The van der Waals surface area contributed by atoms with Crippen molar-refractivity contribution in [1.82, 2.24) is 20.5 Å². The number of rotatable bonds is 7. The minimum Gasteiger partial charge on any atom is -0.477 e. The van der Waals surface area contributed by atoms with Gasteiger partial charge < -0.3 is 32.4 Å². The first kappa shape index (κ1) is 26.9. The van der Waals surface area contributed by atoms with E-state index in [1.54, 1.807) is 12.1 Å². The molecule has 0 spiro atoms. The third-order valence-electron chi connectivity index (χ3n) is 6.53. The van der Waals surface area contributed by atoms with Gasteiger partial charge in [0.15, 0.2) is 10.8 Å². The van der Waals surface area contributed by atoms with Gasteiger partial charge in [-0.15, -0.1) is 23.1 Å². The summed E-state index contributed by atoms with van der Waals surface area (Å²) >= 11 is 2.23. The Bertz CT molecular complexity index is 1560. The van der Waals surface area contributed by atoms with Gasteiger partial charge in [0.1, 0.15) is 22.8 Å². The maximum Gasteiger partial charge on any atom is 0.352 e. The number of thioether (sulfide) groups is 1. The SMILES string of the molecule is NC(=O)c1ccc(C(=C2CCNC2=O)C2=C(C(=O)O)N3C(=O)[C@@H](NC(=O)C(=NO)c4csc(N)n4)[C@H]3SC2)cc1. The van der Waals surface area contributed by atoms with Crippen LogP contribution in [0.15, 0.2) is 51.6 Å². The van der Waals surface area contributed by atoms with Crippen LogP contribution in [0.4, 0.5) is 5.13 Å². The molecule has 1 aromatic carbocycles. The fraction of sp³-hybridized carbons (Fsp3) is 0.208. The zero-order valence-corrected chi connectivity index (χ0v) is 22.0. The lowest BCUT2D eigenvalue weighted by molar-refractivity contribution is -0.150. The van der Waals surface area contributed by atoms with Crippen molar-refractivity contribution in [2.24, 2.45) is 10.9 Å². The highest BCUT2D eigenvalue weighted by Crippen LogP contribution is 2.45. The van der Waals surface area contributed by atoms with E-state index in [0.717, 1.165) is 16.2 Å². The van der Waals surface area contributed by atoms with Crippen LogP contribution in [0.1, 0.15) is 28.0 Å². The van der Waals surface area contributed by atoms with E-state index in [0.29, 0.717) is 29.7 Å². The molecule has 1 aromatic heterocycles. The van der Waals surface area contributed by atoms with Crippen LogP contribution < -0.4 is 22.1 Å². The maximum atomic E-state index is 13.2. The number of β-lactam (4-membered cyclic amide) rings is 1. The predicted molar refractivity (Wildman–Crippen MR) is 144 cm³/mol. The van der Waals surface area contributed by atoms with Crippen LogP contribution in [0.5, 0.6) is 0 Å². The molecule has 2 saturated heterocycles. The third kappa shape index (κ3) is 4.56. The average molecular weight is 584 g/mol. The quantitative estimate of drug-likeness (QED) is 0.0820. The summed E-state index contributed by atoms with van der Waals surface area (Å²) in [5.41, 5.74) is 11.8. The molecule has 3 aliphatic heterocycles. The van der Waals surface area contributed by atoms with E-state index < -0.39 is 40.8 Å². The van der Waals surface area contributed by atoms with Crippen LogP contribution in [0.3, 0.4) is 0 Å². The van der Waals surface area contributed by atoms with E-state index in [1.807, 2.05) is 0 Å². The molecule has 0 radical (unpaired) electrons. The number of amides is 4. The highest BCUT2D eigenvalue weighted by atomic mass is 32.2. The van der Waals surface area contributed by atoms with Crippen LogP contribution in [-0.2, 0) is 19.2 Å². The number of carbonyl (C=O) groups excluding carboxylic acids is 4. The van der Waals surface area contributed by atoms with Gasteiger partial charge >= 0.3 is 5.97 Å². The Hall–Kier alpha value is -4.70. The van der Waals surface area contributed by atoms with E-state index in [-0.39, 0.29) is 39.3 Å². The number of carboxylic acid groups (broad SMARTS) is 1. The Morgan fingerprint density at radius 2 is 1.88 bits per heavy atom. The number of benzene rings is 1. The second kappa shape index (κ2) is 10.5.